The lowest BCUT2D eigenvalue weighted by atomic mass is 9.88. The lowest BCUT2D eigenvalue weighted by Gasteiger charge is -2.37. The minimum Gasteiger partial charge on any atom is -0.458 e. The van der Waals surface area contributed by atoms with Gasteiger partial charge in [-0.1, -0.05) is 88.4 Å². The molecule has 0 spiro atoms. The molecule has 0 heterocycles. The Balaban J connectivity index is 2.18. The molecule has 0 fully saturated rings. The Labute approximate surface area is 259 Å². The maximum atomic E-state index is 13.6. The van der Waals surface area contributed by atoms with Gasteiger partial charge in [-0.25, -0.2) is 4.79 Å². The average Bonchev–Trinajstić information content (AvgIpc) is 2.92. The normalized spacial score (nSPS) is 14.0. The first-order chi connectivity index (χ1) is 19.9. The molecule has 0 aromatic heterocycles. The van der Waals surface area contributed by atoms with Crippen LogP contribution in [0, 0.1) is 5.41 Å². The van der Waals surface area contributed by atoms with E-state index in [2.05, 4.69) is 31.4 Å². The Kier molecular flexibility index (Phi) is 12.6. The summed E-state index contributed by atoms with van der Waals surface area (Å²) < 4.78 is 12.1. The first-order valence-electron chi connectivity index (χ1n) is 15.5. The van der Waals surface area contributed by atoms with E-state index in [1.165, 1.54) is 0 Å². The highest BCUT2D eigenvalue weighted by molar-refractivity contribution is 5.87. The van der Waals surface area contributed by atoms with Crippen LogP contribution in [-0.2, 0) is 36.7 Å². The third-order valence-electron chi connectivity index (χ3n) is 7.99. The zero-order chi connectivity index (χ0) is 32.5. The smallest absolute Gasteiger partial charge is 0.329 e. The largest absolute Gasteiger partial charge is 0.458 e. The van der Waals surface area contributed by atoms with Gasteiger partial charge in [0.05, 0.1) is 0 Å². The summed E-state index contributed by atoms with van der Waals surface area (Å²) in [6.45, 7) is 19.1. The second-order valence-corrected chi connectivity index (χ2v) is 14.1. The summed E-state index contributed by atoms with van der Waals surface area (Å²) in [5.74, 6) is -1.08. The van der Waals surface area contributed by atoms with Crippen LogP contribution in [0.5, 0.6) is 0 Å². The molecule has 1 amide bonds. The van der Waals surface area contributed by atoms with E-state index in [0.717, 1.165) is 17.5 Å². The van der Waals surface area contributed by atoms with E-state index in [9.17, 15) is 14.4 Å². The molecule has 2 unspecified atom stereocenters. The van der Waals surface area contributed by atoms with Crippen LogP contribution in [-0.4, -0.2) is 46.7 Å². The maximum Gasteiger partial charge on any atom is 0.329 e. The molecule has 7 heteroatoms. The van der Waals surface area contributed by atoms with Crippen molar-refractivity contribution in [3.8, 4) is 0 Å². The highest BCUT2D eigenvalue weighted by Gasteiger charge is 2.39. The lowest BCUT2D eigenvalue weighted by Crippen LogP contribution is -2.53. The lowest BCUT2D eigenvalue weighted by molar-refractivity contribution is -0.174. The molecular formula is C36H54N2O5. The van der Waals surface area contributed by atoms with Gasteiger partial charge in [-0.2, -0.15) is 0 Å². The van der Waals surface area contributed by atoms with Gasteiger partial charge < -0.3 is 14.8 Å². The van der Waals surface area contributed by atoms with E-state index < -0.39 is 34.7 Å². The zero-order valence-electron chi connectivity index (χ0n) is 28.0. The summed E-state index contributed by atoms with van der Waals surface area (Å²) in [6, 6.07) is 18.0. The van der Waals surface area contributed by atoms with Gasteiger partial charge in [0.15, 0.2) is 0 Å². The molecule has 0 saturated carbocycles. The first-order valence-corrected chi connectivity index (χ1v) is 15.5. The molecule has 238 valence electrons. The molecule has 0 aliphatic heterocycles. The van der Waals surface area contributed by atoms with Crippen LogP contribution < -0.4 is 10.6 Å². The third kappa shape index (κ3) is 12.1. The topological polar surface area (TPSA) is 93.7 Å². The number of nitrogens with one attached hydrogen (secondary N) is 2. The molecule has 0 aliphatic rings. The van der Waals surface area contributed by atoms with Crippen LogP contribution >= 0.6 is 0 Å². The van der Waals surface area contributed by atoms with Gasteiger partial charge in [0.2, 0.25) is 5.91 Å². The van der Waals surface area contributed by atoms with Crippen LogP contribution in [0.15, 0.2) is 60.7 Å². The van der Waals surface area contributed by atoms with Gasteiger partial charge >= 0.3 is 11.9 Å². The number of benzene rings is 2. The van der Waals surface area contributed by atoms with Crippen LogP contribution in [0.3, 0.4) is 0 Å². The van der Waals surface area contributed by atoms with Crippen molar-refractivity contribution in [2.45, 2.75) is 130 Å². The Morgan fingerprint density at radius 3 is 1.49 bits per heavy atom. The van der Waals surface area contributed by atoms with E-state index in [4.69, 9.17) is 9.47 Å². The van der Waals surface area contributed by atoms with Gasteiger partial charge in [0.1, 0.15) is 23.3 Å². The van der Waals surface area contributed by atoms with Crippen LogP contribution in [0.25, 0.3) is 0 Å². The van der Waals surface area contributed by atoms with Crippen molar-refractivity contribution >= 4 is 17.8 Å². The van der Waals surface area contributed by atoms with Crippen molar-refractivity contribution in [1.29, 1.82) is 0 Å². The van der Waals surface area contributed by atoms with Crippen LogP contribution in [0.2, 0.25) is 0 Å². The highest BCUT2D eigenvalue weighted by Crippen LogP contribution is 2.29. The average molecular weight is 595 g/mol. The van der Waals surface area contributed by atoms with E-state index >= 15 is 0 Å². The standard InChI is InChI=1S/C36H54N2O5/c1-11-33(3,4)32(41)37-28(23-26-19-15-13-16-20-26)30(39)42-35(7,8)25-36(9,10)43-31(40)29(38-34(5,6)12-2)24-27-21-17-14-18-22-27/h13-22,28-29,38H,11-12,23-25H2,1-10H3,(H,37,41). The monoisotopic (exact) mass is 594 g/mol. The Morgan fingerprint density at radius 2 is 1.07 bits per heavy atom. The quantitative estimate of drug-likeness (QED) is 0.214. The number of carbonyl (C=O) groups excluding carboxylic acids is 3. The number of rotatable bonds is 16. The molecule has 2 aromatic carbocycles. The molecule has 7 nitrogen and oxygen atoms in total. The number of ether oxygens (including phenoxy) is 2. The Hall–Kier alpha value is -3.19. The van der Waals surface area contributed by atoms with Crippen molar-refractivity contribution in [2.75, 3.05) is 0 Å². The van der Waals surface area contributed by atoms with E-state index in [0.29, 0.717) is 19.3 Å². The molecule has 2 N–H and O–H groups in total. The number of esters is 2. The fourth-order valence-corrected chi connectivity index (χ4v) is 4.96. The second kappa shape index (κ2) is 15.0. The molecule has 0 bridgehead atoms. The summed E-state index contributed by atoms with van der Waals surface area (Å²) in [5, 5.41) is 6.41. The molecule has 0 radical (unpaired) electrons. The molecule has 2 atom stereocenters. The minimum atomic E-state index is -0.980. The Bertz CT molecular complexity index is 1190. The van der Waals surface area contributed by atoms with Gasteiger partial charge in [-0.15, -0.1) is 0 Å². The van der Waals surface area contributed by atoms with Gasteiger partial charge in [-0.05, 0) is 71.9 Å². The molecule has 2 aromatic rings. The molecular weight excluding hydrogens is 540 g/mol. The zero-order valence-corrected chi connectivity index (χ0v) is 28.0. The number of hydrogen-bond acceptors (Lipinski definition) is 6. The van der Waals surface area contributed by atoms with E-state index in [1.54, 1.807) is 13.8 Å². The molecule has 43 heavy (non-hydrogen) atoms. The molecule has 0 saturated heterocycles. The van der Waals surface area contributed by atoms with Crippen molar-refractivity contribution in [1.82, 2.24) is 10.6 Å². The number of carbonyl (C=O) groups is 3. The number of hydrogen-bond donors (Lipinski definition) is 2. The van der Waals surface area contributed by atoms with Crippen molar-refractivity contribution in [3.05, 3.63) is 71.8 Å². The van der Waals surface area contributed by atoms with Gasteiger partial charge in [0.25, 0.3) is 0 Å². The van der Waals surface area contributed by atoms with Crippen molar-refractivity contribution in [2.24, 2.45) is 5.41 Å². The number of amides is 1. The summed E-state index contributed by atoms with van der Waals surface area (Å²) in [7, 11) is 0. The highest BCUT2D eigenvalue weighted by atomic mass is 16.6. The predicted octanol–water partition coefficient (Wildman–Crippen LogP) is 6.57. The van der Waals surface area contributed by atoms with Crippen molar-refractivity contribution < 1.29 is 23.9 Å². The first kappa shape index (κ1) is 36.0. The second-order valence-electron chi connectivity index (χ2n) is 14.1. The van der Waals surface area contributed by atoms with Gasteiger partial charge in [-0.3, -0.25) is 14.9 Å². The summed E-state index contributed by atoms with van der Waals surface area (Å²) >= 11 is 0. The predicted molar refractivity (Wildman–Crippen MR) is 173 cm³/mol. The van der Waals surface area contributed by atoms with Crippen molar-refractivity contribution in [3.63, 3.8) is 0 Å². The third-order valence-corrected chi connectivity index (χ3v) is 7.99. The fourth-order valence-electron chi connectivity index (χ4n) is 4.96. The summed E-state index contributed by atoms with van der Waals surface area (Å²) in [6.07, 6.45) is 2.53. The molecule has 2 rings (SSSR count). The van der Waals surface area contributed by atoms with E-state index in [1.807, 2.05) is 95.3 Å². The fraction of sp³-hybridized carbons (Fsp3) is 0.583. The van der Waals surface area contributed by atoms with Crippen LogP contribution in [0.1, 0.15) is 99.6 Å². The molecule has 0 aliphatic carbocycles. The minimum absolute atomic E-state index is 0.202. The van der Waals surface area contributed by atoms with Gasteiger partial charge in [0, 0.05) is 23.8 Å². The summed E-state index contributed by atoms with van der Waals surface area (Å²) in [5.41, 5.74) is -0.853. The Morgan fingerprint density at radius 1 is 0.651 bits per heavy atom. The summed E-state index contributed by atoms with van der Waals surface area (Å²) in [4.78, 5) is 40.2. The van der Waals surface area contributed by atoms with Crippen LogP contribution in [0.4, 0.5) is 0 Å². The van der Waals surface area contributed by atoms with E-state index in [-0.39, 0.29) is 23.8 Å². The SMILES string of the molecule is CCC(C)(C)NC(Cc1ccccc1)C(=O)OC(C)(C)CC(C)(C)OC(=O)C(Cc1ccccc1)NC(=O)C(C)(C)CC. The maximum absolute atomic E-state index is 13.6.